The van der Waals surface area contributed by atoms with Gasteiger partial charge < -0.3 is 28.4 Å². The summed E-state index contributed by atoms with van der Waals surface area (Å²) in [5, 5.41) is 0.606. The van der Waals surface area contributed by atoms with E-state index in [0.29, 0.717) is 11.9 Å². The molecular weight excluding hydrogens is 452 g/mol. The molecule has 0 fully saturated rings. The van der Waals surface area contributed by atoms with Crippen molar-refractivity contribution in [3.63, 3.8) is 0 Å². The van der Waals surface area contributed by atoms with Gasteiger partial charge in [0, 0.05) is 18.1 Å². The van der Waals surface area contributed by atoms with Crippen LogP contribution in [0.4, 0.5) is 4.79 Å². The van der Waals surface area contributed by atoms with Gasteiger partial charge in [-0.15, -0.1) is 0 Å². The number of amides is 1. The fourth-order valence-corrected chi connectivity index (χ4v) is 4.49. The minimum atomic E-state index is -0.935. The molecule has 2 heterocycles. The van der Waals surface area contributed by atoms with E-state index in [-0.39, 0.29) is 30.9 Å². The topological polar surface area (TPSA) is 96.3 Å². The molecule has 0 saturated carbocycles. The van der Waals surface area contributed by atoms with Crippen molar-refractivity contribution in [3.05, 3.63) is 35.5 Å². The van der Waals surface area contributed by atoms with Crippen LogP contribution < -0.4 is 0 Å². The molecule has 35 heavy (non-hydrogen) atoms. The maximum absolute atomic E-state index is 13.2. The highest BCUT2D eigenvalue weighted by molar-refractivity contribution is 6.43. The van der Waals surface area contributed by atoms with Crippen molar-refractivity contribution in [3.8, 4) is 0 Å². The number of ketones is 1. The van der Waals surface area contributed by atoms with Gasteiger partial charge in [0.25, 0.3) is 5.78 Å². The van der Waals surface area contributed by atoms with E-state index in [1.807, 2.05) is 59.1 Å². The number of carbonyl (C=O) groups excluding carboxylic acids is 3. The minimum Gasteiger partial charge on any atom is -0.463 e. The summed E-state index contributed by atoms with van der Waals surface area (Å²) in [4.78, 5) is 39.6. The van der Waals surface area contributed by atoms with Gasteiger partial charge in [0.05, 0.1) is 43.5 Å². The molecule has 1 amide bonds. The Morgan fingerprint density at radius 1 is 1.06 bits per heavy atom. The Hall–Kier alpha value is -2.91. The Morgan fingerprint density at radius 3 is 2.29 bits per heavy atom. The second-order valence-electron chi connectivity index (χ2n) is 10.4. The van der Waals surface area contributed by atoms with Gasteiger partial charge in [-0.3, -0.25) is 4.79 Å². The van der Waals surface area contributed by atoms with Crippen LogP contribution in [0, 0.1) is 0 Å². The average Bonchev–Trinajstić information content (AvgIpc) is 3.08. The molecule has 0 N–H and O–H groups in total. The zero-order valence-electron chi connectivity index (χ0n) is 21.8. The quantitative estimate of drug-likeness (QED) is 0.353. The third-order valence-corrected chi connectivity index (χ3v) is 5.51. The summed E-state index contributed by atoms with van der Waals surface area (Å²) < 4.78 is 24.6. The molecule has 0 radical (unpaired) electrons. The molecule has 9 nitrogen and oxygen atoms in total. The smallest absolute Gasteiger partial charge is 0.410 e. The number of esters is 1. The molecule has 1 aromatic heterocycles. The molecule has 0 saturated heterocycles. The van der Waals surface area contributed by atoms with Crippen LogP contribution in [0.15, 0.2) is 24.4 Å². The highest BCUT2D eigenvalue weighted by Crippen LogP contribution is 2.29. The maximum Gasteiger partial charge on any atom is 0.410 e. The number of Topliss-reactive ketones (excluding diaryl/α,β-unsaturated/α-hetero) is 1. The number of ether oxygens (including phenoxy) is 4. The van der Waals surface area contributed by atoms with Gasteiger partial charge in [0.1, 0.15) is 5.60 Å². The SMILES string of the molecule is COC(=O)C(=O)c1cn2c3c(cccc13)CN(C(=O)OC(C)(C)C)CC(C)OC(C)(C)OC(C)C2. The maximum atomic E-state index is 13.2. The molecule has 192 valence electrons. The summed E-state index contributed by atoms with van der Waals surface area (Å²) in [6, 6.07) is 5.49. The van der Waals surface area contributed by atoms with Gasteiger partial charge in [-0.05, 0) is 54.0 Å². The molecule has 1 aromatic carbocycles. The van der Waals surface area contributed by atoms with Gasteiger partial charge in [0.15, 0.2) is 5.79 Å². The molecule has 2 aromatic rings. The first-order valence-corrected chi connectivity index (χ1v) is 11.8. The number of aromatic nitrogens is 1. The Kier molecular flexibility index (Phi) is 7.62. The third-order valence-electron chi connectivity index (χ3n) is 5.51. The van der Waals surface area contributed by atoms with Gasteiger partial charge >= 0.3 is 12.1 Å². The molecular formula is C26H36N2O7. The Labute approximate surface area is 206 Å². The van der Waals surface area contributed by atoms with Gasteiger partial charge in [-0.1, -0.05) is 18.2 Å². The standard InChI is InChI=1S/C26H36N2O7/c1-16-12-27-15-20(22(29)23(30)32-8)19-11-9-10-18(21(19)27)14-28(24(31)35-25(3,4)5)13-17(2)34-26(6,7)33-16/h9-11,15-17H,12-14H2,1-8H3. The van der Waals surface area contributed by atoms with Gasteiger partial charge in [0.2, 0.25) is 0 Å². The summed E-state index contributed by atoms with van der Waals surface area (Å²) in [7, 11) is 1.18. The third kappa shape index (κ3) is 6.41. The lowest BCUT2D eigenvalue weighted by atomic mass is 10.1. The van der Waals surface area contributed by atoms with Crippen molar-refractivity contribution in [1.29, 1.82) is 0 Å². The van der Waals surface area contributed by atoms with Crippen LogP contribution in [0.25, 0.3) is 10.9 Å². The first-order valence-electron chi connectivity index (χ1n) is 11.8. The molecule has 0 bridgehead atoms. The zero-order chi connectivity index (χ0) is 26.1. The highest BCUT2D eigenvalue weighted by Gasteiger charge is 2.31. The number of para-hydroxylation sites is 1. The molecule has 2 atom stereocenters. The van der Waals surface area contributed by atoms with Gasteiger partial charge in [-0.25, -0.2) is 9.59 Å². The lowest BCUT2D eigenvalue weighted by Gasteiger charge is -2.35. The molecule has 3 rings (SSSR count). The van der Waals surface area contributed by atoms with E-state index in [9.17, 15) is 14.4 Å². The van der Waals surface area contributed by atoms with Crippen molar-refractivity contribution in [1.82, 2.24) is 9.47 Å². The Morgan fingerprint density at radius 2 is 1.69 bits per heavy atom. The average molecular weight is 489 g/mol. The second-order valence-corrected chi connectivity index (χ2v) is 10.4. The summed E-state index contributed by atoms with van der Waals surface area (Å²) in [5.74, 6) is -2.59. The van der Waals surface area contributed by atoms with Crippen LogP contribution in [-0.4, -0.2) is 64.6 Å². The molecule has 0 spiro atoms. The number of rotatable bonds is 2. The van der Waals surface area contributed by atoms with E-state index in [0.717, 1.165) is 11.1 Å². The van der Waals surface area contributed by atoms with E-state index in [4.69, 9.17) is 14.2 Å². The van der Waals surface area contributed by atoms with Crippen LogP contribution in [0.5, 0.6) is 0 Å². The fraction of sp³-hybridized carbons (Fsp3) is 0.577. The van der Waals surface area contributed by atoms with E-state index < -0.39 is 29.2 Å². The van der Waals surface area contributed by atoms with E-state index in [1.165, 1.54) is 7.11 Å². The Balaban J connectivity index is 2.17. The number of methoxy groups -OCH3 is 1. The van der Waals surface area contributed by atoms with Crippen LogP contribution in [-0.2, 0) is 36.8 Å². The molecule has 0 aliphatic carbocycles. The van der Waals surface area contributed by atoms with Crippen LogP contribution in [0.1, 0.15) is 64.4 Å². The number of hydrogen-bond acceptors (Lipinski definition) is 7. The van der Waals surface area contributed by atoms with Crippen molar-refractivity contribution < 1.29 is 33.3 Å². The normalized spacial score (nSPS) is 21.1. The van der Waals surface area contributed by atoms with E-state index >= 15 is 0 Å². The summed E-state index contributed by atoms with van der Waals surface area (Å²) in [5.41, 5.74) is 1.12. The molecule has 9 heteroatoms. The predicted octanol–water partition coefficient (Wildman–Crippen LogP) is 4.29. The monoisotopic (exact) mass is 488 g/mol. The fourth-order valence-electron chi connectivity index (χ4n) is 4.49. The lowest BCUT2D eigenvalue weighted by Crippen LogP contribution is -2.44. The summed E-state index contributed by atoms with van der Waals surface area (Å²) in [6.07, 6.45) is 0.556. The number of hydrogen-bond donors (Lipinski definition) is 0. The second kappa shape index (κ2) is 9.99. The molecule has 1 aliphatic heterocycles. The number of nitrogens with zero attached hydrogens (tertiary/aromatic N) is 2. The van der Waals surface area contributed by atoms with Crippen molar-refractivity contribution in [2.75, 3.05) is 13.7 Å². The molecule has 1 aliphatic rings. The predicted molar refractivity (Wildman–Crippen MR) is 130 cm³/mol. The van der Waals surface area contributed by atoms with Crippen LogP contribution in [0.2, 0.25) is 0 Å². The van der Waals surface area contributed by atoms with E-state index in [2.05, 4.69) is 4.74 Å². The van der Waals surface area contributed by atoms with Gasteiger partial charge in [-0.2, -0.15) is 0 Å². The van der Waals surface area contributed by atoms with Crippen LogP contribution in [0.3, 0.4) is 0 Å². The molecule has 2 unspecified atom stereocenters. The zero-order valence-corrected chi connectivity index (χ0v) is 21.8. The summed E-state index contributed by atoms with van der Waals surface area (Å²) >= 11 is 0. The minimum absolute atomic E-state index is 0.228. The highest BCUT2D eigenvalue weighted by atomic mass is 16.7. The first kappa shape index (κ1) is 26.7. The van der Waals surface area contributed by atoms with Crippen LogP contribution >= 0.6 is 0 Å². The van der Waals surface area contributed by atoms with Crippen molar-refractivity contribution in [2.45, 2.75) is 85.2 Å². The van der Waals surface area contributed by atoms with E-state index in [1.54, 1.807) is 23.2 Å². The Bertz CT molecular complexity index is 1110. The summed E-state index contributed by atoms with van der Waals surface area (Å²) in [6.45, 7) is 13.8. The largest absolute Gasteiger partial charge is 0.463 e. The lowest BCUT2D eigenvalue weighted by molar-refractivity contribution is -0.255. The van der Waals surface area contributed by atoms with Crippen molar-refractivity contribution in [2.24, 2.45) is 0 Å². The number of benzene rings is 1. The van der Waals surface area contributed by atoms with Crippen molar-refractivity contribution >= 4 is 28.7 Å². The number of carbonyl (C=O) groups is 3. The first-order chi connectivity index (χ1) is 16.2.